The summed E-state index contributed by atoms with van der Waals surface area (Å²) < 4.78 is 9.82. The minimum atomic E-state index is -0.377. The Balaban J connectivity index is 2.23. The van der Waals surface area contributed by atoms with Crippen LogP contribution in [0.3, 0.4) is 0 Å². The van der Waals surface area contributed by atoms with Gasteiger partial charge in [-0.05, 0) is 17.7 Å². The number of hydrogen-bond donors (Lipinski definition) is 1. The second-order valence-corrected chi connectivity index (χ2v) is 5.31. The first-order valence-electron chi connectivity index (χ1n) is 6.04. The molecule has 5 nitrogen and oxygen atoms in total. The quantitative estimate of drug-likeness (QED) is 0.676. The Morgan fingerprint density at radius 2 is 2.00 bits per heavy atom. The van der Waals surface area contributed by atoms with Crippen molar-refractivity contribution in [2.75, 3.05) is 20.0 Å². The molecular formula is C14H16N2O3S. The van der Waals surface area contributed by atoms with Crippen LogP contribution in [0.15, 0.2) is 24.3 Å². The van der Waals surface area contributed by atoms with Crippen LogP contribution in [-0.4, -0.2) is 25.2 Å². The summed E-state index contributed by atoms with van der Waals surface area (Å²) in [4.78, 5) is 16.6. The Kier molecular flexibility index (Phi) is 4.70. The fourth-order valence-electron chi connectivity index (χ4n) is 1.77. The maximum atomic E-state index is 11.7. The van der Waals surface area contributed by atoms with Crippen LogP contribution in [0.4, 0.5) is 5.69 Å². The molecule has 2 rings (SSSR count). The Morgan fingerprint density at radius 3 is 2.60 bits per heavy atom. The molecule has 0 saturated carbocycles. The summed E-state index contributed by atoms with van der Waals surface area (Å²) in [5.74, 6) is -0.377. The predicted molar refractivity (Wildman–Crippen MR) is 77.8 cm³/mol. The number of methoxy groups -OCH3 is 2. The number of hydrogen-bond acceptors (Lipinski definition) is 6. The van der Waals surface area contributed by atoms with Crippen molar-refractivity contribution in [1.29, 1.82) is 0 Å². The maximum Gasteiger partial charge on any atom is 0.350 e. The number of carbonyl (C=O) groups is 1. The molecule has 2 N–H and O–H groups in total. The average Bonchev–Trinajstić information content (AvgIpc) is 2.84. The minimum Gasteiger partial charge on any atom is -0.465 e. The monoisotopic (exact) mass is 292 g/mol. The van der Waals surface area contributed by atoms with Crippen molar-refractivity contribution >= 4 is 23.0 Å². The van der Waals surface area contributed by atoms with Crippen LogP contribution >= 0.6 is 11.3 Å². The molecule has 0 aliphatic heterocycles. The largest absolute Gasteiger partial charge is 0.465 e. The highest BCUT2D eigenvalue weighted by molar-refractivity contribution is 7.13. The first-order chi connectivity index (χ1) is 9.63. The number of anilines is 1. The lowest BCUT2D eigenvalue weighted by Crippen LogP contribution is -2.03. The number of esters is 1. The molecule has 106 valence electrons. The van der Waals surface area contributed by atoms with Crippen molar-refractivity contribution in [3.63, 3.8) is 0 Å². The number of aromatic nitrogens is 1. The molecule has 0 spiro atoms. The van der Waals surface area contributed by atoms with Crippen LogP contribution in [0.2, 0.25) is 0 Å². The molecule has 0 amide bonds. The fourth-order valence-corrected chi connectivity index (χ4v) is 2.79. The van der Waals surface area contributed by atoms with E-state index in [9.17, 15) is 4.79 Å². The summed E-state index contributed by atoms with van der Waals surface area (Å²) in [6.07, 6.45) is 0.651. The molecule has 0 fully saturated rings. The number of benzene rings is 1. The highest BCUT2D eigenvalue weighted by Gasteiger charge is 2.18. The molecule has 2 aromatic rings. The summed E-state index contributed by atoms with van der Waals surface area (Å²) in [5, 5.41) is 0.849. The molecule has 0 aliphatic rings. The van der Waals surface area contributed by atoms with Crippen LogP contribution in [0.5, 0.6) is 0 Å². The van der Waals surface area contributed by atoms with E-state index >= 15 is 0 Å². The molecule has 0 bridgehead atoms. The van der Waals surface area contributed by atoms with E-state index in [1.165, 1.54) is 18.4 Å². The van der Waals surface area contributed by atoms with E-state index in [-0.39, 0.29) is 5.97 Å². The second-order valence-electron chi connectivity index (χ2n) is 4.23. The number of nitrogens with two attached hydrogens (primary N) is 1. The Bertz CT molecular complexity index is 593. The standard InChI is InChI=1S/C14H16N2O3S/c1-18-8-11-13(14(17)19-2)20-12(16-11)7-9-3-5-10(15)6-4-9/h3-6H,7-8,15H2,1-2H3. The predicted octanol–water partition coefficient (Wildman–Crippen LogP) is 2.25. The molecule has 0 aliphatic carbocycles. The van der Waals surface area contributed by atoms with Gasteiger partial charge in [0.1, 0.15) is 4.88 Å². The normalized spacial score (nSPS) is 10.5. The maximum absolute atomic E-state index is 11.7. The number of nitrogens with zero attached hydrogens (tertiary/aromatic N) is 1. The van der Waals surface area contributed by atoms with Gasteiger partial charge in [-0.1, -0.05) is 12.1 Å². The molecule has 1 heterocycles. The van der Waals surface area contributed by atoms with Gasteiger partial charge in [-0.15, -0.1) is 11.3 Å². The summed E-state index contributed by atoms with van der Waals surface area (Å²) in [6.45, 7) is 0.294. The average molecular weight is 292 g/mol. The number of carbonyl (C=O) groups excluding carboxylic acids is 1. The molecule has 0 radical (unpaired) electrons. The van der Waals surface area contributed by atoms with Gasteiger partial charge in [0.25, 0.3) is 0 Å². The topological polar surface area (TPSA) is 74.4 Å². The van der Waals surface area contributed by atoms with Gasteiger partial charge in [0.15, 0.2) is 0 Å². The molecule has 0 unspecified atom stereocenters. The molecule has 0 atom stereocenters. The van der Waals surface area contributed by atoms with Crippen molar-refractivity contribution in [2.24, 2.45) is 0 Å². The highest BCUT2D eigenvalue weighted by Crippen LogP contribution is 2.23. The number of rotatable bonds is 5. The van der Waals surface area contributed by atoms with Gasteiger partial charge >= 0.3 is 5.97 Å². The van der Waals surface area contributed by atoms with Gasteiger partial charge in [-0.3, -0.25) is 0 Å². The van der Waals surface area contributed by atoms with E-state index in [1.54, 1.807) is 7.11 Å². The Hall–Kier alpha value is -1.92. The molecule has 0 saturated heterocycles. The van der Waals surface area contributed by atoms with Gasteiger partial charge < -0.3 is 15.2 Å². The van der Waals surface area contributed by atoms with Crippen molar-refractivity contribution in [1.82, 2.24) is 4.98 Å². The lowest BCUT2D eigenvalue weighted by molar-refractivity contribution is 0.0601. The van der Waals surface area contributed by atoms with Crippen LogP contribution in [-0.2, 0) is 22.5 Å². The third kappa shape index (κ3) is 3.34. The number of thiazole rings is 1. The van der Waals surface area contributed by atoms with Gasteiger partial charge in [0.2, 0.25) is 0 Å². The molecule has 20 heavy (non-hydrogen) atoms. The molecular weight excluding hydrogens is 276 g/mol. The number of nitrogen functional groups attached to an aromatic ring is 1. The Morgan fingerprint density at radius 1 is 1.30 bits per heavy atom. The van der Waals surface area contributed by atoms with E-state index in [0.29, 0.717) is 23.6 Å². The second kappa shape index (κ2) is 6.49. The third-order valence-corrected chi connectivity index (χ3v) is 3.81. The van der Waals surface area contributed by atoms with Gasteiger partial charge in [-0.25, -0.2) is 9.78 Å². The van der Waals surface area contributed by atoms with E-state index in [1.807, 2.05) is 24.3 Å². The van der Waals surface area contributed by atoms with E-state index in [2.05, 4.69) is 4.98 Å². The summed E-state index contributed by atoms with van der Waals surface area (Å²) >= 11 is 1.33. The van der Waals surface area contributed by atoms with Crippen LogP contribution in [0, 0.1) is 0 Å². The number of ether oxygens (including phenoxy) is 2. The minimum absolute atomic E-state index is 0.294. The van der Waals surface area contributed by atoms with Crippen LogP contribution in [0.1, 0.15) is 25.9 Å². The fraction of sp³-hybridized carbons (Fsp3) is 0.286. The van der Waals surface area contributed by atoms with Crippen LogP contribution in [0.25, 0.3) is 0 Å². The van der Waals surface area contributed by atoms with Crippen molar-refractivity contribution in [3.8, 4) is 0 Å². The smallest absolute Gasteiger partial charge is 0.350 e. The first-order valence-corrected chi connectivity index (χ1v) is 6.86. The lowest BCUT2D eigenvalue weighted by atomic mass is 10.1. The molecule has 1 aromatic carbocycles. The van der Waals surface area contributed by atoms with E-state index < -0.39 is 0 Å². The van der Waals surface area contributed by atoms with E-state index in [0.717, 1.165) is 16.3 Å². The molecule has 1 aromatic heterocycles. The SMILES string of the molecule is COCc1nc(Cc2ccc(N)cc2)sc1C(=O)OC. The summed E-state index contributed by atoms with van der Waals surface area (Å²) in [6, 6.07) is 7.59. The zero-order valence-corrected chi connectivity index (χ0v) is 12.2. The van der Waals surface area contributed by atoms with Gasteiger partial charge in [-0.2, -0.15) is 0 Å². The Labute approximate surface area is 121 Å². The van der Waals surface area contributed by atoms with Crippen molar-refractivity contribution < 1.29 is 14.3 Å². The highest BCUT2D eigenvalue weighted by atomic mass is 32.1. The van der Waals surface area contributed by atoms with Crippen molar-refractivity contribution in [3.05, 3.63) is 45.4 Å². The summed E-state index contributed by atoms with van der Waals surface area (Å²) in [7, 11) is 2.93. The van der Waals surface area contributed by atoms with Crippen molar-refractivity contribution in [2.45, 2.75) is 13.0 Å². The third-order valence-electron chi connectivity index (χ3n) is 2.73. The van der Waals surface area contributed by atoms with Crippen LogP contribution < -0.4 is 5.73 Å². The summed E-state index contributed by atoms with van der Waals surface area (Å²) in [5.41, 5.74) is 8.09. The van der Waals surface area contributed by atoms with Gasteiger partial charge in [0.05, 0.1) is 24.4 Å². The molecule has 6 heteroatoms. The van der Waals surface area contributed by atoms with Gasteiger partial charge in [0, 0.05) is 19.2 Å². The zero-order chi connectivity index (χ0) is 14.5. The lowest BCUT2D eigenvalue weighted by Gasteiger charge is -1.98. The zero-order valence-electron chi connectivity index (χ0n) is 11.4. The first kappa shape index (κ1) is 14.5. The van der Waals surface area contributed by atoms with E-state index in [4.69, 9.17) is 15.2 Å².